The Hall–Kier alpha value is -1.16. The van der Waals surface area contributed by atoms with Gasteiger partial charge in [-0.25, -0.2) is 9.97 Å². The third-order valence-electron chi connectivity index (χ3n) is 3.39. The number of nitrogens with one attached hydrogen (secondary N) is 1. The Labute approximate surface area is 135 Å². The van der Waals surface area contributed by atoms with Crippen LogP contribution < -0.4 is 5.32 Å². The second kappa shape index (κ2) is 7.21. The van der Waals surface area contributed by atoms with Gasteiger partial charge in [-0.05, 0) is 38.1 Å². The minimum Gasteiger partial charge on any atom is -0.310 e. The van der Waals surface area contributed by atoms with Crippen molar-refractivity contribution in [3.05, 3.63) is 57.1 Å². The highest BCUT2D eigenvalue weighted by molar-refractivity contribution is 6.42. The Morgan fingerprint density at radius 3 is 2.62 bits per heavy atom. The zero-order valence-corrected chi connectivity index (χ0v) is 14.0. The van der Waals surface area contributed by atoms with Gasteiger partial charge in [-0.1, -0.05) is 36.2 Å². The number of rotatable bonds is 5. The molecule has 2 rings (SSSR count). The van der Waals surface area contributed by atoms with Crippen molar-refractivity contribution in [1.29, 1.82) is 0 Å². The lowest BCUT2D eigenvalue weighted by Crippen LogP contribution is -2.19. The molecular weight excluding hydrogens is 305 g/mol. The van der Waals surface area contributed by atoms with Crippen LogP contribution in [0.5, 0.6) is 0 Å². The van der Waals surface area contributed by atoms with Crippen molar-refractivity contribution in [2.24, 2.45) is 0 Å². The molecular formula is C16H19Cl2N3. The highest BCUT2D eigenvalue weighted by Gasteiger charge is 2.10. The predicted molar refractivity (Wildman–Crippen MR) is 88.1 cm³/mol. The molecule has 0 spiro atoms. The third kappa shape index (κ3) is 4.16. The summed E-state index contributed by atoms with van der Waals surface area (Å²) in [7, 11) is 0. The van der Waals surface area contributed by atoms with Crippen LogP contribution in [0.3, 0.4) is 0 Å². The van der Waals surface area contributed by atoms with Gasteiger partial charge in [-0.3, -0.25) is 0 Å². The summed E-state index contributed by atoms with van der Waals surface area (Å²) in [6, 6.07) is 5.86. The van der Waals surface area contributed by atoms with E-state index in [2.05, 4.69) is 29.1 Å². The van der Waals surface area contributed by atoms with E-state index in [4.69, 9.17) is 23.2 Å². The molecule has 1 unspecified atom stereocenters. The molecule has 0 amide bonds. The summed E-state index contributed by atoms with van der Waals surface area (Å²) in [5.74, 6) is 0.790. The molecule has 1 atom stereocenters. The monoisotopic (exact) mass is 323 g/mol. The molecule has 1 N–H and O–H groups in total. The van der Waals surface area contributed by atoms with Gasteiger partial charge < -0.3 is 5.32 Å². The molecule has 5 heteroatoms. The zero-order chi connectivity index (χ0) is 15.4. The lowest BCUT2D eigenvalue weighted by molar-refractivity contribution is 0.588. The molecule has 0 aliphatic carbocycles. The zero-order valence-electron chi connectivity index (χ0n) is 12.5. The fourth-order valence-electron chi connectivity index (χ4n) is 2.28. The van der Waals surface area contributed by atoms with Crippen molar-refractivity contribution >= 4 is 23.2 Å². The van der Waals surface area contributed by atoms with Crippen molar-refractivity contribution < 1.29 is 0 Å². The van der Waals surface area contributed by atoms with Crippen LogP contribution >= 0.6 is 23.2 Å². The molecule has 0 aliphatic heterocycles. The van der Waals surface area contributed by atoms with Crippen molar-refractivity contribution in [2.45, 2.75) is 33.2 Å². The fourth-order valence-corrected chi connectivity index (χ4v) is 2.60. The lowest BCUT2D eigenvalue weighted by atomic mass is 10.1. The first kappa shape index (κ1) is 16.2. The summed E-state index contributed by atoms with van der Waals surface area (Å²) < 4.78 is 0. The molecule has 1 aromatic carbocycles. The van der Waals surface area contributed by atoms with Crippen LogP contribution in [-0.2, 0) is 6.42 Å². The number of hydrogen-bond donors (Lipinski definition) is 1. The van der Waals surface area contributed by atoms with Crippen LogP contribution in [0.1, 0.15) is 42.5 Å². The molecule has 112 valence electrons. The molecule has 3 nitrogen and oxygen atoms in total. The molecule has 0 bridgehead atoms. The van der Waals surface area contributed by atoms with E-state index in [0.29, 0.717) is 16.5 Å². The Morgan fingerprint density at radius 2 is 2.00 bits per heavy atom. The first-order chi connectivity index (χ1) is 10.0. The average molecular weight is 324 g/mol. The second-order valence-corrected chi connectivity index (χ2v) is 5.85. The van der Waals surface area contributed by atoms with E-state index in [0.717, 1.165) is 29.2 Å². The maximum absolute atomic E-state index is 6.03. The van der Waals surface area contributed by atoms with E-state index in [1.165, 1.54) is 0 Å². The van der Waals surface area contributed by atoms with Gasteiger partial charge in [0.1, 0.15) is 5.82 Å². The first-order valence-corrected chi connectivity index (χ1v) is 7.76. The number of halogens is 2. The maximum atomic E-state index is 6.03. The van der Waals surface area contributed by atoms with E-state index in [9.17, 15) is 0 Å². The maximum Gasteiger partial charge on any atom is 0.132 e. The normalized spacial score (nSPS) is 12.4. The quantitative estimate of drug-likeness (QED) is 0.888. The van der Waals surface area contributed by atoms with Crippen LogP contribution in [0.25, 0.3) is 0 Å². The van der Waals surface area contributed by atoms with Gasteiger partial charge >= 0.3 is 0 Å². The summed E-state index contributed by atoms with van der Waals surface area (Å²) in [4.78, 5) is 9.06. The molecule has 0 saturated carbocycles. The minimum atomic E-state index is 0.258. The third-order valence-corrected chi connectivity index (χ3v) is 4.13. The lowest BCUT2D eigenvalue weighted by Gasteiger charge is -2.15. The number of aromatic nitrogens is 2. The number of nitrogens with zero attached hydrogens (tertiary/aromatic N) is 2. The highest BCUT2D eigenvalue weighted by atomic mass is 35.5. The van der Waals surface area contributed by atoms with Crippen molar-refractivity contribution in [1.82, 2.24) is 15.3 Å². The smallest absolute Gasteiger partial charge is 0.132 e. The van der Waals surface area contributed by atoms with Crippen molar-refractivity contribution in [3.63, 3.8) is 0 Å². The Bertz CT molecular complexity index is 629. The summed E-state index contributed by atoms with van der Waals surface area (Å²) >= 11 is 12.0. The molecule has 21 heavy (non-hydrogen) atoms. The fraction of sp³-hybridized carbons (Fsp3) is 0.375. The molecule has 0 saturated heterocycles. The van der Waals surface area contributed by atoms with Gasteiger partial charge in [0, 0.05) is 29.9 Å². The van der Waals surface area contributed by atoms with Gasteiger partial charge in [-0.15, -0.1) is 0 Å². The summed E-state index contributed by atoms with van der Waals surface area (Å²) in [5, 5.41) is 4.49. The Kier molecular flexibility index (Phi) is 5.57. The van der Waals surface area contributed by atoms with Gasteiger partial charge in [0.15, 0.2) is 0 Å². The largest absolute Gasteiger partial charge is 0.310 e. The second-order valence-electron chi connectivity index (χ2n) is 5.03. The van der Waals surface area contributed by atoms with Gasteiger partial charge in [0.25, 0.3) is 0 Å². The van der Waals surface area contributed by atoms with E-state index < -0.39 is 0 Å². The summed E-state index contributed by atoms with van der Waals surface area (Å²) in [6.07, 6.45) is 2.55. The SMILES string of the molecule is CCNC(C)c1cnc(Cc2ccc(Cl)c(Cl)c2)nc1C. The highest BCUT2D eigenvalue weighted by Crippen LogP contribution is 2.23. The average Bonchev–Trinajstić information content (AvgIpc) is 2.43. The van der Waals surface area contributed by atoms with Gasteiger partial charge in [-0.2, -0.15) is 0 Å². The number of hydrogen-bond acceptors (Lipinski definition) is 3. The van der Waals surface area contributed by atoms with Crippen LogP contribution in [-0.4, -0.2) is 16.5 Å². The topological polar surface area (TPSA) is 37.8 Å². The molecule has 0 aliphatic rings. The van der Waals surface area contributed by atoms with Crippen molar-refractivity contribution in [3.8, 4) is 0 Å². The molecule has 0 radical (unpaired) electrons. The summed E-state index contributed by atoms with van der Waals surface area (Å²) in [6.45, 7) is 7.15. The van der Waals surface area contributed by atoms with Crippen LogP contribution in [0.15, 0.2) is 24.4 Å². The minimum absolute atomic E-state index is 0.258. The van der Waals surface area contributed by atoms with E-state index in [-0.39, 0.29) is 6.04 Å². The first-order valence-electron chi connectivity index (χ1n) is 7.01. The van der Waals surface area contributed by atoms with Gasteiger partial charge in [0.2, 0.25) is 0 Å². The van der Waals surface area contributed by atoms with Crippen LogP contribution in [0.4, 0.5) is 0 Å². The van der Waals surface area contributed by atoms with E-state index >= 15 is 0 Å². The van der Waals surface area contributed by atoms with Crippen LogP contribution in [0, 0.1) is 6.92 Å². The molecule has 2 aromatic rings. The molecule has 1 heterocycles. The van der Waals surface area contributed by atoms with E-state index in [1.807, 2.05) is 25.3 Å². The van der Waals surface area contributed by atoms with Crippen LogP contribution in [0.2, 0.25) is 10.0 Å². The summed E-state index contributed by atoms with van der Waals surface area (Å²) in [5.41, 5.74) is 3.19. The Balaban J connectivity index is 2.18. The Morgan fingerprint density at radius 1 is 1.24 bits per heavy atom. The standard InChI is InChI=1S/C16H19Cl2N3/c1-4-19-10(2)13-9-20-16(21-11(13)3)8-12-5-6-14(17)15(18)7-12/h5-7,9-10,19H,4,8H2,1-3H3. The van der Waals surface area contributed by atoms with E-state index in [1.54, 1.807) is 6.07 Å². The van der Waals surface area contributed by atoms with Gasteiger partial charge in [0.05, 0.1) is 10.0 Å². The van der Waals surface area contributed by atoms with Crippen molar-refractivity contribution in [2.75, 3.05) is 6.54 Å². The number of aryl methyl sites for hydroxylation is 1. The molecule has 0 fully saturated rings. The predicted octanol–water partition coefficient (Wildman–Crippen LogP) is 4.35. The molecule has 1 aromatic heterocycles. The number of benzene rings is 1.